The van der Waals surface area contributed by atoms with Gasteiger partial charge in [-0.3, -0.25) is 9.59 Å². The van der Waals surface area contributed by atoms with Crippen LogP contribution in [0.15, 0.2) is 53.4 Å². The Hall–Kier alpha value is -2.71. The maximum Gasteiger partial charge on any atom is 0.252 e. The summed E-state index contributed by atoms with van der Waals surface area (Å²) in [5, 5.41) is 0. The fourth-order valence-corrected chi connectivity index (χ4v) is 5.55. The van der Waals surface area contributed by atoms with Crippen molar-refractivity contribution in [3.05, 3.63) is 54.1 Å². The largest absolute Gasteiger partial charge is 0.494 e. The highest BCUT2D eigenvalue weighted by Gasteiger charge is 2.51. The third-order valence-corrected chi connectivity index (χ3v) is 7.31. The quantitative estimate of drug-likeness (QED) is 0.633. The monoisotopic (exact) mass is 428 g/mol. The standard InChI is InChI=1S/C22H24N2O5S/c1-3-29-18-10-8-16(9-11-18)23-21(25)14-20(22(23)26)24(17-6-7-17)30(27,28)19-12-4-15(2)5-13-19/h4-5,8-13,17,20H,3,6-7,14H2,1-2H3. The van der Waals surface area contributed by atoms with Crippen molar-refractivity contribution >= 4 is 27.5 Å². The van der Waals surface area contributed by atoms with E-state index >= 15 is 0 Å². The number of rotatable bonds is 7. The number of benzene rings is 2. The molecular formula is C22H24N2O5S. The van der Waals surface area contributed by atoms with Crippen molar-refractivity contribution in [3.8, 4) is 5.75 Å². The lowest BCUT2D eigenvalue weighted by Gasteiger charge is -2.26. The van der Waals surface area contributed by atoms with E-state index in [0.717, 1.165) is 10.5 Å². The molecule has 2 fully saturated rings. The lowest BCUT2D eigenvalue weighted by molar-refractivity contribution is -0.122. The fraction of sp³-hybridized carbons (Fsp3) is 0.364. The Balaban J connectivity index is 1.64. The molecule has 0 N–H and O–H groups in total. The molecule has 1 atom stereocenters. The molecule has 0 aromatic heterocycles. The number of carbonyl (C=O) groups excluding carboxylic acids is 2. The van der Waals surface area contributed by atoms with Gasteiger partial charge in [0.05, 0.1) is 23.6 Å². The molecule has 1 saturated carbocycles. The van der Waals surface area contributed by atoms with Crippen molar-refractivity contribution in [2.24, 2.45) is 0 Å². The second-order valence-electron chi connectivity index (χ2n) is 7.59. The summed E-state index contributed by atoms with van der Waals surface area (Å²) < 4.78 is 33.4. The van der Waals surface area contributed by atoms with Crippen molar-refractivity contribution < 1.29 is 22.7 Å². The van der Waals surface area contributed by atoms with Gasteiger partial charge in [0.15, 0.2) is 0 Å². The first-order valence-electron chi connectivity index (χ1n) is 10.0. The third-order valence-electron chi connectivity index (χ3n) is 5.34. The van der Waals surface area contributed by atoms with Gasteiger partial charge in [0.2, 0.25) is 15.9 Å². The topological polar surface area (TPSA) is 84.0 Å². The Kier molecular flexibility index (Phi) is 5.38. The first-order valence-corrected chi connectivity index (χ1v) is 11.5. The number of ether oxygens (including phenoxy) is 1. The van der Waals surface area contributed by atoms with Gasteiger partial charge < -0.3 is 4.74 Å². The predicted octanol–water partition coefficient (Wildman–Crippen LogP) is 2.88. The molecule has 2 aliphatic rings. The predicted molar refractivity (Wildman–Crippen MR) is 112 cm³/mol. The Morgan fingerprint density at radius 1 is 1.03 bits per heavy atom. The molecule has 158 valence electrons. The summed E-state index contributed by atoms with van der Waals surface area (Å²) in [6, 6.07) is 11.9. The number of carbonyl (C=O) groups is 2. The van der Waals surface area contributed by atoms with Gasteiger partial charge in [-0.05, 0) is 63.1 Å². The van der Waals surface area contributed by atoms with E-state index in [0.29, 0.717) is 30.9 Å². The Morgan fingerprint density at radius 3 is 2.23 bits per heavy atom. The molecule has 1 aliphatic carbocycles. The van der Waals surface area contributed by atoms with Crippen molar-refractivity contribution in [2.45, 2.75) is 50.1 Å². The van der Waals surface area contributed by atoms with E-state index in [1.54, 1.807) is 48.5 Å². The lowest BCUT2D eigenvalue weighted by Crippen LogP contribution is -2.46. The number of sulfonamides is 1. The molecule has 8 heteroatoms. The number of imide groups is 1. The maximum absolute atomic E-state index is 13.4. The minimum absolute atomic E-state index is 0.139. The van der Waals surface area contributed by atoms with Crippen LogP contribution in [0.25, 0.3) is 0 Å². The summed E-state index contributed by atoms with van der Waals surface area (Å²) in [7, 11) is -3.90. The second-order valence-corrected chi connectivity index (χ2v) is 9.44. The molecular weight excluding hydrogens is 404 g/mol. The number of amides is 2. The summed E-state index contributed by atoms with van der Waals surface area (Å²) in [5.74, 6) is -0.274. The smallest absolute Gasteiger partial charge is 0.252 e. The molecule has 30 heavy (non-hydrogen) atoms. The molecule has 2 aromatic carbocycles. The van der Waals surface area contributed by atoms with Crippen LogP contribution in [0, 0.1) is 6.92 Å². The van der Waals surface area contributed by atoms with Crippen molar-refractivity contribution in [1.82, 2.24) is 4.31 Å². The van der Waals surface area contributed by atoms with Crippen LogP contribution in [-0.2, 0) is 19.6 Å². The number of nitrogens with zero attached hydrogens (tertiary/aromatic N) is 2. The van der Waals surface area contributed by atoms with Gasteiger partial charge in [-0.1, -0.05) is 17.7 Å². The van der Waals surface area contributed by atoms with Crippen LogP contribution in [-0.4, -0.2) is 43.2 Å². The van der Waals surface area contributed by atoms with Crippen molar-refractivity contribution in [2.75, 3.05) is 11.5 Å². The number of anilines is 1. The number of hydrogen-bond acceptors (Lipinski definition) is 5. The molecule has 0 bridgehead atoms. The minimum atomic E-state index is -3.90. The molecule has 4 rings (SSSR count). The molecule has 1 saturated heterocycles. The van der Waals surface area contributed by atoms with Gasteiger partial charge in [0, 0.05) is 6.04 Å². The van der Waals surface area contributed by atoms with Gasteiger partial charge in [0.1, 0.15) is 11.8 Å². The van der Waals surface area contributed by atoms with Crippen LogP contribution in [0.2, 0.25) is 0 Å². The summed E-state index contributed by atoms with van der Waals surface area (Å²) in [6.07, 6.45) is 1.21. The Bertz CT molecular complexity index is 1060. The summed E-state index contributed by atoms with van der Waals surface area (Å²) in [4.78, 5) is 27.1. The summed E-state index contributed by atoms with van der Waals surface area (Å²) >= 11 is 0. The molecule has 0 spiro atoms. The second kappa shape index (κ2) is 7.85. The minimum Gasteiger partial charge on any atom is -0.494 e. The van der Waals surface area contributed by atoms with Gasteiger partial charge in [-0.2, -0.15) is 4.31 Å². The molecule has 2 aromatic rings. The third kappa shape index (κ3) is 3.73. The van der Waals surface area contributed by atoms with E-state index < -0.39 is 27.9 Å². The van der Waals surface area contributed by atoms with Crippen LogP contribution in [0.3, 0.4) is 0 Å². The first-order chi connectivity index (χ1) is 14.3. The van der Waals surface area contributed by atoms with E-state index in [9.17, 15) is 18.0 Å². The van der Waals surface area contributed by atoms with E-state index in [1.807, 2.05) is 13.8 Å². The average Bonchev–Trinajstić information content (AvgIpc) is 3.49. The highest BCUT2D eigenvalue weighted by molar-refractivity contribution is 7.89. The number of aryl methyl sites for hydroxylation is 1. The van der Waals surface area contributed by atoms with Gasteiger partial charge in [0.25, 0.3) is 5.91 Å². The first kappa shape index (κ1) is 20.6. The zero-order chi connectivity index (χ0) is 21.5. The Labute approximate surface area is 176 Å². The molecule has 0 radical (unpaired) electrons. The normalized spacial score (nSPS) is 19.6. The van der Waals surface area contributed by atoms with Crippen LogP contribution < -0.4 is 9.64 Å². The Morgan fingerprint density at radius 2 is 1.67 bits per heavy atom. The van der Waals surface area contributed by atoms with Crippen LogP contribution in [0.5, 0.6) is 5.75 Å². The lowest BCUT2D eigenvalue weighted by atomic mass is 10.2. The molecule has 7 nitrogen and oxygen atoms in total. The van der Waals surface area contributed by atoms with E-state index in [-0.39, 0.29) is 17.4 Å². The van der Waals surface area contributed by atoms with Crippen molar-refractivity contribution in [3.63, 3.8) is 0 Å². The van der Waals surface area contributed by atoms with Gasteiger partial charge in [-0.15, -0.1) is 0 Å². The maximum atomic E-state index is 13.4. The molecule has 1 aliphatic heterocycles. The summed E-state index contributed by atoms with van der Waals surface area (Å²) in [6.45, 7) is 4.26. The van der Waals surface area contributed by atoms with Gasteiger partial charge in [-0.25, -0.2) is 13.3 Å². The zero-order valence-electron chi connectivity index (χ0n) is 16.9. The molecule has 2 amide bonds. The zero-order valence-corrected chi connectivity index (χ0v) is 17.8. The highest BCUT2D eigenvalue weighted by Crippen LogP contribution is 2.38. The van der Waals surface area contributed by atoms with Crippen LogP contribution in [0.1, 0.15) is 31.7 Å². The fourth-order valence-electron chi connectivity index (χ4n) is 3.72. The summed E-state index contributed by atoms with van der Waals surface area (Å²) in [5.41, 5.74) is 1.36. The molecule has 1 unspecified atom stereocenters. The van der Waals surface area contributed by atoms with Crippen LogP contribution in [0.4, 0.5) is 5.69 Å². The van der Waals surface area contributed by atoms with E-state index in [1.165, 1.54) is 4.31 Å². The van der Waals surface area contributed by atoms with E-state index in [4.69, 9.17) is 4.74 Å². The number of hydrogen-bond donors (Lipinski definition) is 0. The van der Waals surface area contributed by atoms with Gasteiger partial charge >= 0.3 is 0 Å². The van der Waals surface area contributed by atoms with E-state index in [2.05, 4.69) is 0 Å². The highest BCUT2D eigenvalue weighted by atomic mass is 32.2. The average molecular weight is 429 g/mol. The molecule has 1 heterocycles. The van der Waals surface area contributed by atoms with Crippen molar-refractivity contribution in [1.29, 1.82) is 0 Å². The van der Waals surface area contributed by atoms with Crippen LogP contribution >= 0.6 is 0 Å². The SMILES string of the molecule is CCOc1ccc(N2C(=O)CC(N(C3CC3)S(=O)(=O)c3ccc(C)cc3)C2=O)cc1.